The van der Waals surface area contributed by atoms with E-state index < -0.39 is 6.09 Å². The molecule has 1 aromatic carbocycles. The highest BCUT2D eigenvalue weighted by Gasteiger charge is 2.07. The molecule has 0 aliphatic heterocycles. The van der Waals surface area contributed by atoms with E-state index in [-0.39, 0.29) is 18.2 Å². The fourth-order valence-electron chi connectivity index (χ4n) is 1.75. The van der Waals surface area contributed by atoms with Gasteiger partial charge in [-0.1, -0.05) is 39.8 Å². The largest absolute Gasteiger partial charge is 0.450 e. The van der Waals surface area contributed by atoms with Crippen LogP contribution in [0.25, 0.3) is 0 Å². The van der Waals surface area contributed by atoms with Crippen molar-refractivity contribution in [2.24, 2.45) is 0 Å². The lowest BCUT2D eigenvalue weighted by Crippen LogP contribution is -2.15. The molecule has 144 valence electrons. The highest BCUT2D eigenvalue weighted by Crippen LogP contribution is 2.19. The number of nitrogens with two attached hydrogens (primary N) is 1. The summed E-state index contributed by atoms with van der Waals surface area (Å²) in [5, 5.41) is 5.57. The van der Waals surface area contributed by atoms with Crippen LogP contribution in [0.3, 0.4) is 0 Å². The topological polar surface area (TPSA) is 89.3 Å². The zero-order valence-electron chi connectivity index (χ0n) is 16.1. The van der Waals surface area contributed by atoms with Gasteiger partial charge in [0.1, 0.15) is 17.5 Å². The number of halogens is 1. The van der Waals surface area contributed by atoms with Gasteiger partial charge in [-0.15, -0.1) is 0 Å². The molecular formula is C19H29FN4O2. The van der Waals surface area contributed by atoms with Gasteiger partial charge in [0.25, 0.3) is 0 Å². The number of anilines is 3. The zero-order valence-corrected chi connectivity index (χ0v) is 16.1. The number of hydrogen-bond donors (Lipinski definition) is 3. The van der Waals surface area contributed by atoms with E-state index in [4.69, 9.17) is 10.5 Å². The van der Waals surface area contributed by atoms with E-state index in [1.807, 2.05) is 27.7 Å². The van der Waals surface area contributed by atoms with Crippen LogP contribution in [-0.4, -0.2) is 17.7 Å². The zero-order chi connectivity index (χ0) is 19.9. The Morgan fingerprint density at radius 1 is 1.12 bits per heavy atom. The van der Waals surface area contributed by atoms with Crippen LogP contribution in [0, 0.1) is 5.82 Å². The predicted molar refractivity (Wildman–Crippen MR) is 106 cm³/mol. The Morgan fingerprint density at radius 3 is 2.27 bits per heavy atom. The summed E-state index contributed by atoms with van der Waals surface area (Å²) >= 11 is 0. The Balaban J connectivity index is 0.00000146. The maximum atomic E-state index is 12.8. The Kier molecular flexibility index (Phi) is 12.0. The minimum absolute atomic E-state index is 0.178. The van der Waals surface area contributed by atoms with E-state index in [2.05, 4.69) is 15.6 Å². The molecule has 0 saturated carbocycles. The number of nitrogen functional groups attached to an aromatic ring is 1. The molecule has 0 bridgehead atoms. The number of nitrogens with zero attached hydrogens (tertiary/aromatic N) is 1. The molecular weight excluding hydrogens is 335 g/mol. The van der Waals surface area contributed by atoms with Gasteiger partial charge in [0.15, 0.2) is 0 Å². The van der Waals surface area contributed by atoms with Gasteiger partial charge in [-0.3, -0.25) is 5.32 Å². The SMILES string of the molecule is CC.CC.CCOC(=O)Nc1ccc(NCc2ccc(F)cc2)nc1N. The van der Waals surface area contributed by atoms with Gasteiger partial charge in [0, 0.05) is 6.54 Å². The molecule has 0 saturated heterocycles. The lowest BCUT2D eigenvalue weighted by molar-refractivity contribution is 0.168. The third kappa shape index (κ3) is 8.32. The first-order chi connectivity index (χ1) is 12.6. The molecule has 7 heteroatoms. The summed E-state index contributed by atoms with van der Waals surface area (Å²) in [5.74, 6) is 0.453. The first-order valence-electron chi connectivity index (χ1n) is 8.77. The minimum Gasteiger partial charge on any atom is -0.450 e. The van der Waals surface area contributed by atoms with Crippen LogP contribution < -0.4 is 16.4 Å². The lowest BCUT2D eigenvalue weighted by atomic mass is 10.2. The van der Waals surface area contributed by atoms with Crippen LogP contribution in [0.5, 0.6) is 0 Å². The molecule has 0 unspecified atom stereocenters. The number of carbonyl (C=O) groups is 1. The first kappa shape index (κ1) is 23.2. The summed E-state index contributed by atoms with van der Waals surface area (Å²) in [7, 11) is 0. The van der Waals surface area contributed by atoms with Crippen molar-refractivity contribution < 1.29 is 13.9 Å². The van der Waals surface area contributed by atoms with Crippen LogP contribution in [0.1, 0.15) is 40.2 Å². The maximum absolute atomic E-state index is 12.8. The van der Waals surface area contributed by atoms with Crippen molar-refractivity contribution in [1.82, 2.24) is 4.98 Å². The van der Waals surface area contributed by atoms with Crippen molar-refractivity contribution in [3.8, 4) is 0 Å². The molecule has 1 amide bonds. The third-order valence-corrected chi connectivity index (χ3v) is 2.82. The van der Waals surface area contributed by atoms with Gasteiger partial charge in [0.05, 0.1) is 12.3 Å². The molecule has 0 aliphatic rings. The quantitative estimate of drug-likeness (QED) is 0.692. The minimum atomic E-state index is -0.581. The maximum Gasteiger partial charge on any atom is 0.411 e. The van der Waals surface area contributed by atoms with Gasteiger partial charge in [-0.25, -0.2) is 14.2 Å². The smallest absolute Gasteiger partial charge is 0.411 e. The first-order valence-corrected chi connectivity index (χ1v) is 8.77. The normalized spacial score (nSPS) is 9.00. The average Bonchev–Trinajstić information content (AvgIpc) is 2.67. The number of hydrogen-bond acceptors (Lipinski definition) is 5. The van der Waals surface area contributed by atoms with Crippen molar-refractivity contribution in [3.05, 3.63) is 47.8 Å². The second-order valence-electron chi connectivity index (χ2n) is 4.45. The molecule has 6 nitrogen and oxygen atoms in total. The highest BCUT2D eigenvalue weighted by atomic mass is 19.1. The number of carbonyl (C=O) groups excluding carboxylic acids is 1. The number of ether oxygens (including phenoxy) is 1. The summed E-state index contributed by atoms with van der Waals surface area (Å²) in [6, 6.07) is 9.47. The average molecular weight is 364 g/mol. The lowest BCUT2D eigenvalue weighted by Gasteiger charge is -2.10. The monoisotopic (exact) mass is 364 g/mol. The Bertz CT molecular complexity index is 648. The molecule has 0 spiro atoms. The van der Waals surface area contributed by atoms with Crippen LogP contribution in [0.15, 0.2) is 36.4 Å². The number of pyridine rings is 1. The highest BCUT2D eigenvalue weighted by molar-refractivity contribution is 5.88. The molecule has 0 radical (unpaired) electrons. The van der Waals surface area contributed by atoms with E-state index in [0.717, 1.165) is 5.56 Å². The Hall–Kier alpha value is -2.83. The summed E-state index contributed by atoms with van der Waals surface area (Å²) in [6.45, 7) is 10.5. The number of benzene rings is 1. The summed E-state index contributed by atoms with van der Waals surface area (Å²) in [4.78, 5) is 15.5. The van der Waals surface area contributed by atoms with Crippen LogP contribution in [0.4, 0.5) is 26.5 Å². The van der Waals surface area contributed by atoms with Crippen molar-refractivity contribution in [3.63, 3.8) is 0 Å². The fourth-order valence-corrected chi connectivity index (χ4v) is 1.75. The summed E-state index contributed by atoms with van der Waals surface area (Å²) in [5.41, 5.74) is 7.08. The Morgan fingerprint density at radius 2 is 1.73 bits per heavy atom. The molecule has 2 aromatic rings. The second kappa shape index (κ2) is 13.5. The van der Waals surface area contributed by atoms with E-state index >= 15 is 0 Å². The van der Waals surface area contributed by atoms with Gasteiger partial charge < -0.3 is 15.8 Å². The van der Waals surface area contributed by atoms with Crippen molar-refractivity contribution in [1.29, 1.82) is 0 Å². The van der Waals surface area contributed by atoms with E-state index in [0.29, 0.717) is 18.1 Å². The summed E-state index contributed by atoms with van der Waals surface area (Å²) in [6.07, 6.45) is -0.581. The van der Waals surface area contributed by atoms with Gasteiger partial charge >= 0.3 is 6.09 Å². The number of rotatable bonds is 5. The van der Waals surface area contributed by atoms with Crippen LogP contribution in [0.2, 0.25) is 0 Å². The molecule has 0 aliphatic carbocycles. The van der Waals surface area contributed by atoms with Crippen molar-refractivity contribution in [2.45, 2.75) is 41.2 Å². The molecule has 0 atom stereocenters. The second-order valence-corrected chi connectivity index (χ2v) is 4.45. The molecule has 4 N–H and O–H groups in total. The van der Waals surface area contributed by atoms with Crippen LogP contribution >= 0.6 is 0 Å². The van der Waals surface area contributed by atoms with Crippen LogP contribution in [-0.2, 0) is 11.3 Å². The van der Waals surface area contributed by atoms with E-state index in [1.165, 1.54) is 12.1 Å². The number of amides is 1. The van der Waals surface area contributed by atoms with Gasteiger partial charge in [-0.05, 0) is 36.8 Å². The Labute approximate surface area is 155 Å². The third-order valence-electron chi connectivity index (χ3n) is 2.82. The summed E-state index contributed by atoms with van der Waals surface area (Å²) < 4.78 is 17.6. The van der Waals surface area contributed by atoms with Crippen molar-refractivity contribution >= 4 is 23.4 Å². The molecule has 26 heavy (non-hydrogen) atoms. The molecule has 1 aromatic heterocycles. The van der Waals surface area contributed by atoms with E-state index in [1.54, 1.807) is 31.2 Å². The van der Waals surface area contributed by atoms with Gasteiger partial charge in [-0.2, -0.15) is 0 Å². The number of nitrogens with one attached hydrogen (secondary N) is 2. The number of aromatic nitrogens is 1. The molecule has 2 rings (SSSR count). The van der Waals surface area contributed by atoms with Crippen molar-refractivity contribution in [2.75, 3.05) is 23.0 Å². The van der Waals surface area contributed by atoms with E-state index in [9.17, 15) is 9.18 Å². The standard InChI is InChI=1S/C15H17FN4O2.2C2H6/c1-2-22-15(21)19-12-7-8-13(20-14(12)17)18-9-10-3-5-11(16)6-4-10;2*1-2/h3-8H,2,9H2,1H3,(H,19,21)(H3,17,18,20);2*1-2H3. The predicted octanol–water partition coefficient (Wildman–Crippen LogP) is 5.04. The molecule has 0 fully saturated rings. The van der Waals surface area contributed by atoms with Gasteiger partial charge in [0.2, 0.25) is 0 Å². The fraction of sp³-hybridized carbons (Fsp3) is 0.368. The molecule has 1 heterocycles.